The van der Waals surface area contributed by atoms with E-state index >= 15 is 0 Å². The molecule has 1 heterocycles. The van der Waals surface area contributed by atoms with Crippen LogP contribution in [0.4, 0.5) is 5.69 Å². The maximum Gasteiger partial charge on any atom is 0.161 e. The van der Waals surface area contributed by atoms with Crippen molar-refractivity contribution in [1.82, 2.24) is 0 Å². The summed E-state index contributed by atoms with van der Waals surface area (Å²) in [7, 11) is 0. The minimum absolute atomic E-state index is 0.517. The number of aryl methyl sites for hydroxylation is 1. The van der Waals surface area contributed by atoms with Gasteiger partial charge >= 0.3 is 0 Å². The first-order valence-corrected chi connectivity index (χ1v) is 8.65. The van der Waals surface area contributed by atoms with Gasteiger partial charge in [0.05, 0.1) is 0 Å². The summed E-state index contributed by atoms with van der Waals surface area (Å²) in [6.45, 7) is 3.12. The van der Waals surface area contributed by atoms with E-state index < -0.39 is 0 Å². The Hall–Kier alpha value is -0.480. The summed E-state index contributed by atoms with van der Waals surface area (Å²) in [6, 6.07) is 6.39. The van der Waals surface area contributed by atoms with Gasteiger partial charge in [-0.05, 0) is 48.9 Å². The van der Waals surface area contributed by atoms with E-state index in [1.807, 2.05) is 11.8 Å². The van der Waals surface area contributed by atoms with Crippen LogP contribution in [0.15, 0.2) is 27.7 Å². The molecule has 1 saturated carbocycles. The van der Waals surface area contributed by atoms with Crippen molar-refractivity contribution in [2.45, 2.75) is 32.6 Å². The highest BCUT2D eigenvalue weighted by molar-refractivity contribution is 9.10. The molecule has 102 valence electrons. The zero-order valence-corrected chi connectivity index (χ0v) is 13.6. The number of hydrogen-bond donors (Lipinski definition) is 1. The molecule has 1 aromatic rings. The van der Waals surface area contributed by atoms with Gasteiger partial charge in [-0.3, -0.25) is 4.99 Å². The van der Waals surface area contributed by atoms with Crippen molar-refractivity contribution in [3.63, 3.8) is 0 Å². The number of aliphatic imine (C=N–C) groups is 1. The zero-order chi connectivity index (χ0) is 13.3. The Bertz CT molecular complexity index is 487. The lowest BCUT2D eigenvalue weighted by atomic mass is 9.89. The highest BCUT2D eigenvalue weighted by atomic mass is 79.9. The molecule has 19 heavy (non-hydrogen) atoms. The largest absolute Gasteiger partial charge is 0.335 e. The molecule has 1 aliphatic heterocycles. The van der Waals surface area contributed by atoms with Gasteiger partial charge in [-0.1, -0.05) is 40.5 Å². The van der Waals surface area contributed by atoms with E-state index in [0.717, 1.165) is 21.9 Å². The molecule has 1 aromatic carbocycles. The summed E-state index contributed by atoms with van der Waals surface area (Å²) in [5.74, 6) is 1.23. The highest BCUT2D eigenvalue weighted by Gasteiger charge is 2.36. The molecule has 2 nitrogen and oxygen atoms in total. The monoisotopic (exact) mass is 338 g/mol. The number of thioether (sulfide) groups is 1. The van der Waals surface area contributed by atoms with Crippen LogP contribution < -0.4 is 5.32 Å². The average molecular weight is 339 g/mol. The summed E-state index contributed by atoms with van der Waals surface area (Å²) >= 11 is 5.43. The molecule has 2 aliphatic rings. The Morgan fingerprint density at radius 1 is 1.26 bits per heavy atom. The fraction of sp³-hybridized carbons (Fsp3) is 0.533. The van der Waals surface area contributed by atoms with Crippen LogP contribution in [0.5, 0.6) is 0 Å². The second-order valence-corrected chi connectivity index (χ2v) is 7.64. The van der Waals surface area contributed by atoms with E-state index in [1.54, 1.807) is 0 Å². The van der Waals surface area contributed by atoms with Crippen LogP contribution in [0.3, 0.4) is 0 Å². The first-order valence-electron chi connectivity index (χ1n) is 6.87. The van der Waals surface area contributed by atoms with Crippen molar-refractivity contribution >= 4 is 38.5 Å². The SMILES string of the molecule is Cc1cc(Br)cc(NC2=NCC3(CCCC3)CS2)c1. The van der Waals surface area contributed by atoms with Gasteiger partial charge in [0.1, 0.15) is 0 Å². The van der Waals surface area contributed by atoms with E-state index in [0.29, 0.717) is 5.41 Å². The first kappa shape index (κ1) is 13.5. The minimum Gasteiger partial charge on any atom is -0.335 e. The van der Waals surface area contributed by atoms with Gasteiger partial charge in [-0.15, -0.1) is 0 Å². The number of hydrogen-bond acceptors (Lipinski definition) is 3. The summed E-state index contributed by atoms with van der Waals surface area (Å²) in [5, 5.41) is 4.53. The standard InChI is InChI=1S/C15H19BrN2S/c1-11-6-12(16)8-13(7-11)18-14-17-9-15(10-19-14)4-2-3-5-15/h6-8H,2-5,9-10H2,1H3,(H,17,18). The van der Waals surface area contributed by atoms with Crippen molar-refractivity contribution in [1.29, 1.82) is 0 Å². The van der Waals surface area contributed by atoms with Crippen LogP contribution in [0, 0.1) is 12.3 Å². The van der Waals surface area contributed by atoms with Crippen molar-refractivity contribution in [2.24, 2.45) is 10.4 Å². The van der Waals surface area contributed by atoms with E-state index in [9.17, 15) is 0 Å². The molecule has 0 unspecified atom stereocenters. The number of rotatable bonds is 1. The van der Waals surface area contributed by atoms with Crippen LogP contribution in [0.1, 0.15) is 31.2 Å². The van der Waals surface area contributed by atoms with Crippen LogP contribution >= 0.6 is 27.7 Å². The predicted molar refractivity (Wildman–Crippen MR) is 88.2 cm³/mol. The number of amidine groups is 1. The van der Waals surface area contributed by atoms with Crippen molar-refractivity contribution in [3.8, 4) is 0 Å². The van der Waals surface area contributed by atoms with Crippen molar-refractivity contribution < 1.29 is 0 Å². The Balaban J connectivity index is 1.69. The summed E-state index contributed by atoms with van der Waals surface area (Å²) in [5.41, 5.74) is 2.90. The van der Waals surface area contributed by atoms with E-state index in [1.165, 1.54) is 37.0 Å². The molecule has 3 rings (SSSR count). The van der Waals surface area contributed by atoms with Crippen LogP contribution in [-0.4, -0.2) is 17.5 Å². The predicted octanol–water partition coefficient (Wildman–Crippen LogP) is 4.83. The number of nitrogens with one attached hydrogen (secondary N) is 1. The normalized spacial score (nSPS) is 21.5. The van der Waals surface area contributed by atoms with Crippen molar-refractivity contribution in [3.05, 3.63) is 28.2 Å². The lowest BCUT2D eigenvalue weighted by Crippen LogP contribution is -2.30. The zero-order valence-electron chi connectivity index (χ0n) is 11.2. The number of nitrogens with zero attached hydrogens (tertiary/aromatic N) is 1. The molecule has 0 aromatic heterocycles. The molecular formula is C15H19BrN2S. The molecule has 0 radical (unpaired) electrons. The molecule has 0 amide bonds. The maximum atomic E-state index is 4.77. The van der Waals surface area contributed by atoms with E-state index in [2.05, 4.69) is 46.4 Å². The third kappa shape index (κ3) is 3.16. The summed E-state index contributed by atoms with van der Waals surface area (Å²) < 4.78 is 1.11. The van der Waals surface area contributed by atoms with Gasteiger partial charge in [0, 0.05) is 22.5 Å². The Morgan fingerprint density at radius 2 is 2.05 bits per heavy atom. The molecule has 0 saturated heterocycles. The Kier molecular flexibility index (Phi) is 3.90. The van der Waals surface area contributed by atoms with Gasteiger partial charge in [0.15, 0.2) is 5.17 Å². The highest BCUT2D eigenvalue weighted by Crippen LogP contribution is 2.43. The Morgan fingerprint density at radius 3 is 2.68 bits per heavy atom. The maximum absolute atomic E-state index is 4.77. The van der Waals surface area contributed by atoms with E-state index in [4.69, 9.17) is 4.99 Å². The summed E-state index contributed by atoms with van der Waals surface area (Å²) in [4.78, 5) is 4.77. The van der Waals surface area contributed by atoms with Gasteiger partial charge in [0.2, 0.25) is 0 Å². The lowest BCUT2D eigenvalue weighted by molar-refractivity contribution is 0.359. The minimum atomic E-state index is 0.517. The third-order valence-corrected chi connectivity index (χ3v) is 5.75. The van der Waals surface area contributed by atoms with Crippen LogP contribution in [-0.2, 0) is 0 Å². The van der Waals surface area contributed by atoms with E-state index in [-0.39, 0.29) is 0 Å². The topological polar surface area (TPSA) is 24.4 Å². The molecule has 0 bridgehead atoms. The molecular weight excluding hydrogens is 320 g/mol. The number of halogens is 1. The van der Waals surface area contributed by atoms with Crippen LogP contribution in [0.25, 0.3) is 0 Å². The second-order valence-electron chi connectivity index (χ2n) is 5.76. The third-order valence-electron chi connectivity index (χ3n) is 4.03. The van der Waals surface area contributed by atoms with Gasteiger partial charge < -0.3 is 5.32 Å². The van der Waals surface area contributed by atoms with Gasteiger partial charge in [-0.25, -0.2) is 0 Å². The number of benzene rings is 1. The van der Waals surface area contributed by atoms with Crippen LogP contribution in [0.2, 0.25) is 0 Å². The molecule has 1 spiro atoms. The fourth-order valence-electron chi connectivity index (χ4n) is 2.99. The Labute approximate surface area is 127 Å². The molecule has 1 fully saturated rings. The molecule has 1 aliphatic carbocycles. The number of anilines is 1. The lowest BCUT2D eigenvalue weighted by Gasteiger charge is -2.31. The van der Waals surface area contributed by atoms with Gasteiger partial charge in [-0.2, -0.15) is 0 Å². The fourth-order valence-corrected chi connectivity index (χ4v) is 4.76. The van der Waals surface area contributed by atoms with Gasteiger partial charge in [0.25, 0.3) is 0 Å². The average Bonchev–Trinajstić information content (AvgIpc) is 2.80. The first-order chi connectivity index (χ1) is 9.15. The summed E-state index contributed by atoms with van der Waals surface area (Å²) in [6.07, 6.45) is 5.52. The quantitative estimate of drug-likeness (QED) is 0.792. The smallest absolute Gasteiger partial charge is 0.161 e. The molecule has 4 heteroatoms. The molecule has 1 N–H and O–H groups in total. The second kappa shape index (κ2) is 5.49. The molecule has 0 atom stereocenters. The van der Waals surface area contributed by atoms with Crippen molar-refractivity contribution in [2.75, 3.05) is 17.6 Å².